The fourth-order valence-electron chi connectivity index (χ4n) is 2.14. The summed E-state index contributed by atoms with van der Waals surface area (Å²) in [5.74, 6) is 0.697. The van der Waals surface area contributed by atoms with E-state index < -0.39 is 0 Å². The van der Waals surface area contributed by atoms with Gasteiger partial charge in [-0.15, -0.1) is 0 Å². The summed E-state index contributed by atoms with van der Waals surface area (Å²) in [7, 11) is 1.45. The Morgan fingerprint density at radius 3 is 2.50 bits per heavy atom. The molecule has 1 rings (SSSR count). The third-order valence-electron chi connectivity index (χ3n) is 3.02. The fraction of sp³-hybridized carbons (Fsp3) is 0.909. The van der Waals surface area contributed by atoms with Gasteiger partial charge in [-0.25, -0.2) is 4.79 Å². The van der Waals surface area contributed by atoms with Crippen LogP contribution in [0.5, 0.6) is 0 Å². The van der Waals surface area contributed by atoms with Crippen LogP contribution in [0.15, 0.2) is 0 Å². The number of amides is 1. The van der Waals surface area contributed by atoms with Crippen molar-refractivity contribution in [1.29, 1.82) is 0 Å². The zero-order chi connectivity index (χ0) is 10.4. The molecular formula is C11H21NO2. The summed E-state index contributed by atoms with van der Waals surface area (Å²) in [5.41, 5.74) is 0. The first-order valence-electron chi connectivity index (χ1n) is 5.60. The maximum absolute atomic E-state index is 11.3. The van der Waals surface area contributed by atoms with Crippen molar-refractivity contribution in [2.24, 2.45) is 5.92 Å². The van der Waals surface area contributed by atoms with Crippen LogP contribution in [-0.4, -0.2) is 31.2 Å². The minimum atomic E-state index is -0.182. The molecule has 1 aliphatic carbocycles. The molecule has 82 valence electrons. The summed E-state index contributed by atoms with van der Waals surface area (Å²) < 4.78 is 4.73. The summed E-state index contributed by atoms with van der Waals surface area (Å²) >= 11 is 0. The molecular weight excluding hydrogens is 178 g/mol. The number of carbonyl (C=O) groups is 1. The molecule has 3 heteroatoms. The first-order chi connectivity index (χ1) is 6.77. The van der Waals surface area contributed by atoms with Gasteiger partial charge in [0.05, 0.1) is 7.11 Å². The monoisotopic (exact) mass is 199 g/mol. The van der Waals surface area contributed by atoms with Crippen LogP contribution in [-0.2, 0) is 4.74 Å². The normalized spacial score (nSPS) is 17.9. The Morgan fingerprint density at radius 1 is 1.36 bits per heavy atom. The second kappa shape index (κ2) is 5.89. The Morgan fingerprint density at radius 2 is 2.00 bits per heavy atom. The zero-order valence-electron chi connectivity index (χ0n) is 9.29. The first-order valence-corrected chi connectivity index (χ1v) is 5.60. The lowest BCUT2D eigenvalue weighted by molar-refractivity contribution is 0.114. The standard InChI is InChI=1S/C11H21NO2/c1-3-12(11(13)14-2)9-10-7-5-4-6-8-10/h10H,3-9H2,1-2H3. The van der Waals surface area contributed by atoms with Crippen molar-refractivity contribution >= 4 is 6.09 Å². The van der Waals surface area contributed by atoms with Gasteiger partial charge in [-0.05, 0) is 25.7 Å². The number of methoxy groups -OCH3 is 1. The van der Waals surface area contributed by atoms with Crippen molar-refractivity contribution in [1.82, 2.24) is 4.90 Å². The fourth-order valence-corrected chi connectivity index (χ4v) is 2.14. The lowest BCUT2D eigenvalue weighted by Crippen LogP contribution is -2.35. The van der Waals surface area contributed by atoms with Crippen LogP contribution >= 0.6 is 0 Å². The molecule has 0 spiro atoms. The molecule has 3 nitrogen and oxygen atoms in total. The molecule has 0 aromatic rings. The first kappa shape index (κ1) is 11.3. The van der Waals surface area contributed by atoms with Gasteiger partial charge in [-0.3, -0.25) is 0 Å². The van der Waals surface area contributed by atoms with E-state index in [9.17, 15) is 4.79 Å². The highest BCUT2D eigenvalue weighted by Crippen LogP contribution is 2.24. The number of hydrogen-bond acceptors (Lipinski definition) is 2. The molecule has 0 saturated heterocycles. The van der Waals surface area contributed by atoms with Crippen LogP contribution in [0.4, 0.5) is 4.79 Å². The van der Waals surface area contributed by atoms with E-state index in [1.807, 2.05) is 6.92 Å². The molecule has 14 heavy (non-hydrogen) atoms. The molecule has 0 N–H and O–H groups in total. The maximum atomic E-state index is 11.3. The maximum Gasteiger partial charge on any atom is 0.409 e. The Hall–Kier alpha value is -0.730. The van der Waals surface area contributed by atoms with Crippen molar-refractivity contribution in [3.63, 3.8) is 0 Å². The van der Waals surface area contributed by atoms with Crippen molar-refractivity contribution < 1.29 is 9.53 Å². The van der Waals surface area contributed by atoms with Crippen LogP contribution in [0.3, 0.4) is 0 Å². The van der Waals surface area contributed by atoms with Crippen LogP contribution in [0.1, 0.15) is 39.0 Å². The number of carbonyl (C=O) groups excluding carboxylic acids is 1. The van der Waals surface area contributed by atoms with Crippen LogP contribution in [0.25, 0.3) is 0 Å². The molecule has 0 heterocycles. The lowest BCUT2D eigenvalue weighted by atomic mass is 9.89. The smallest absolute Gasteiger partial charge is 0.409 e. The number of hydrogen-bond donors (Lipinski definition) is 0. The van der Waals surface area contributed by atoms with E-state index in [-0.39, 0.29) is 6.09 Å². The minimum absolute atomic E-state index is 0.182. The van der Waals surface area contributed by atoms with E-state index in [0.29, 0.717) is 5.92 Å². The topological polar surface area (TPSA) is 29.5 Å². The highest BCUT2D eigenvalue weighted by atomic mass is 16.5. The lowest BCUT2D eigenvalue weighted by Gasteiger charge is -2.27. The minimum Gasteiger partial charge on any atom is -0.453 e. The SMILES string of the molecule is CCN(CC1CCCCC1)C(=O)OC. The van der Waals surface area contributed by atoms with Crippen molar-refractivity contribution in [2.75, 3.05) is 20.2 Å². The van der Waals surface area contributed by atoms with E-state index >= 15 is 0 Å². The Bertz CT molecular complexity index is 176. The van der Waals surface area contributed by atoms with Gasteiger partial charge in [-0.2, -0.15) is 0 Å². The van der Waals surface area contributed by atoms with Gasteiger partial charge < -0.3 is 9.64 Å². The molecule has 0 radical (unpaired) electrons. The van der Waals surface area contributed by atoms with E-state index in [0.717, 1.165) is 13.1 Å². The van der Waals surface area contributed by atoms with Crippen molar-refractivity contribution in [3.05, 3.63) is 0 Å². The number of nitrogens with zero attached hydrogens (tertiary/aromatic N) is 1. The van der Waals surface area contributed by atoms with Gasteiger partial charge in [-0.1, -0.05) is 19.3 Å². The molecule has 1 amide bonds. The summed E-state index contributed by atoms with van der Waals surface area (Å²) in [6.07, 6.45) is 6.37. The van der Waals surface area contributed by atoms with Gasteiger partial charge in [0.15, 0.2) is 0 Å². The Balaban J connectivity index is 2.34. The third kappa shape index (κ3) is 3.20. The Labute approximate surface area is 86.4 Å². The Kier molecular flexibility index (Phi) is 4.77. The molecule has 0 aromatic carbocycles. The molecule has 1 aliphatic rings. The predicted molar refractivity (Wildman–Crippen MR) is 56.2 cm³/mol. The molecule has 0 unspecified atom stereocenters. The van der Waals surface area contributed by atoms with Crippen molar-refractivity contribution in [3.8, 4) is 0 Å². The average Bonchev–Trinajstić information content (AvgIpc) is 2.26. The second-order valence-electron chi connectivity index (χ2n) is 4.01. The van der Waals surface area contributed by atoms with E-state index in [1.165, 1.54) is 39.2 Å². The molecule has 1 fully saturated rings. The quantitative estimate of drug-likeness (QED) is 0.699. The van der Waals surface area contributed by atoms with Crippen molar-refractivity contribution in [2.45, 2.75) is 39.0 Å². The van der Waals surface area contributed by atoms with E-state index in [1.54, 1.807) is 4.90 Å². The molecule has 0 aliphatic heterocycles. The number of rotatable bonds is 3. The highest BCUT2D eigenvalue weighted by molar-refractivity contribution is 5.67. The molecule has 1 saturated carbocycles. The summed E-state index contributed by atoms with van der Waals surface area (Å²) in [4.78, 5) is 13.1. The van der Waals surface area contributed by atoms with Crippen LogP contribution in [0.2, 0.25) is 0 Å². The van der Waals surface area contributed by atoms with Gasteiger partial charge in [0.2, 0.25) is 0 Å². The van der Waals surface area contributed by atoms with Gasteiger partial charge in [0.25, 0.3) is 0 Å². The van der Waals surface area contributed by atoms with Gasteiger partial charge in [0, 0.05) is 13.1 Å². The summed E-state index contributed by atoms with van der Waals surface area (Å²) in [6.45, 7) is 3.63. The van der Waals surface area contributed by atoms with E-state index in [2.05, 4.69) is 0 Å². The zero-order valence-corrected chi connectivity index (χ0v) is 9.29. The summed E-state index contributed by atoms with van der Waals surface area (Å²) in [5, 5.41) is 0. The predicted octanol–water partition coefficient (Wildman–Crippen LogP) is 2.66. The second-order valence-corrected chi connectivity index (χ2v) is 4.01. The average molecular weight is 199 g/mol. The third-order valence-corrected chi connectivity index (χ3v) is 3.02. The van der Waals surface area contributed by atoms with Gasteiger partial charge >= 0.3 is 6.09 Å². The molecule has 0 aromatic heterocycles. The molecule has 0 atom stereocenters. The van der Waals surface area contributed by atoms with Gasteiger partial charge in [0.1, 0.15) is 0 Å². The highest BCUT2D eigenvalue weighted by Gasteiger charge is 2.19. The summed E-state index contributed by atoms with van der Waals surface area (Å²) in [6, 6.07) is 0. The molecule has 0 bridgehead atoms. The number of ether oxygens (including phenoxy) is 1. The van der Waals surface area contributed by atoms with Crippen LogP contribution < -0.4 is 0 Å². The largest absolute Gasteiger partial charge is 0.453 e. The van der Waals surface area contributed by atoms with E-state index in [4.69, 9.17) is 4.74 Å². The van der Waals surface area contributed by atoms with Crippen LogP contribution in [0, 0.1) is 5.92 Å².